The molecule has 0 amide bonds. The van der Waals surface area contributed by atoms with Gasteiger partial charge in [0.05, 0.1) is 0 Å². The van der Waals surface area contributed by atoms with Crippen molar-refractivity contribution >= 4 is 0 Å². The van der Waals surface area contributed by atoms with Gasteiger partial charge in [0.2, 0.25) is 0 Å². The van der Waals surface area contributed by atoms with Crippen LogP contribution in [0.3, 0.4) is 0 Å². The first-order valence-corrected chi connectivity index (χ1v) is 3.89. The van der Waals surface area contributed by atoms with Crippen LogP contribution in [0.5, 0.6) is 0 Å². The fourth-order valence-electron chi connectivity index (χ4n) is 2.27. The summed E-state index contributed by atoms with van der Waals surface area (Å²) in [4.78, 5) is 0. The minimum atomic E-state index is -0.444. The number of hydrogen-bond donors (Lipinski definition) is 0. The average Bonchev–Trinajstić information content (AvgIpc) is 2.38. The summed E-state index contributed by atoms with van der Waals surface area (Å²) >= 11 is 0. The van der Waals surface area contributed by atoms with Gasteiger partial charge >= 0.3 is 0 Å². The lowest BCUT2D eigenvalue weighted by molar-refractivity contribution is 0.336. The summed E-state index contributed by atoms with van der Waals surface area (Å²) in [5.74, 6) is 0.450. The number of halogens is 1. The summed E-state index contributed by atoms with van der Waals surface area (Å²) in [5.41, 5.74) is 0.137. The molecule has 52 valence electrons. The Labute approximate surface area is 55.4 Å². The molecule has 9 heavy (non-hydrogen) atoms. The first kappa shape index (κ1) is 5.70. The average molecular weight is 128 g/mol. The van der Waals surface area contributed by atoms with Crippen LogP contribution in [0, 0.1) is 11.3 Å². The van der Waals surface area contributed by atoms with Crippen molar-refractivity contribution in [3.63, 3.8) is 0 Å². The zero-order chi connectivity index (χ0) is 6.48. The lowest BCUT2D eigenvalue weighted by Gasteiger charge is -2.14. The fraction of sp³-hybridized carbons (Fsp3) is 1.00. The van der Waals surface area contributed by atoms with Gasteiger partial charge in [0, 0.05) is 5.41 Å². The molecule has 0 bridgehead atoms. The third-order valence-corrected chi connectivity index (χ3v) is 3.20. The zero-order valence-electron chi connectivity index (χ0n) is 5.86. The van der Waals surface area contributed by atoms with E-state index in [1.807, 2.05) is 0 Å². The molecule has 0 aromatic rings. The normalized spacial score (nSPS) is 56.7. The standard InChI is InChI=1S/C8H13F/c1-8-5-3-2-4-6(8)7(8)9/h6-7H,2-5H2,1H3/t6-,7-,8-/m0/s1. The molecule has 0 unspecified atom stereocenters. The molecule has 0 nitrogen and oxygen atoms in total. The van der Waals surface area contributed by atoms with E-state index in [1.54, 1.807) is 0 Å². The van der Waals surface area contributed by atoms with Gasteiger partial charge in [0.1, 0.15) is 6.17 Å². The Bertz CT molecular complexity index is 133. The molecule has 0 radical (unpaired) electrons. The van der Waals surface area contributed by atoms with Crippen molar-refractivity contribution < 1.29 is 4.39 Å². The van der Waals surface area contributed by atoms with E-state index in [0.29, 0.717) is 5.92 Å². The number of rotatable bonds is 0. The van der Waals surface area contributed by atoms with E-state index in [2.05, 4.69) is 6.92 Å². The molecule has 2 aliphatic rings. The maximum absolute atomic E-state index is 12.9. The maximum Gasteiger partial charge on any atom is 0.109 e. The molecule has 0 N–H and O–H groups in total. The number of hydrogen-bond acceptors (Lipinski definition) is 0. The maximum atomic E-state index is 12.9. The lowest BCUT2D eigenvalue weighted by atomic mass is 9.90. The Hall–Kier alpha value is -0.0700. The molecule has 0 aliphatic heterocycles. The number of fused-ring (bicyclic) bond motifs is 1. The molecule has 2 saturated carbocycles. The highest BCUT2D eigenvalue weighted by atomic mass is 19.1. The Balaban J connectivity index is 2.10. The monoisotopic (exact) mass is 128 g/mol. The van der Waals surface area contributed by atoms with E-state index in [9.17, 15) is 4.39 Å². The molecule has 2 rings (SSSR count). The highest BCUT2D eigenvalue weighted by Gasteiger charge is 2.62. The third kappa shape index (κ3) is 0.580. The Morgan fingerprint density at radius 2 is 2.22 bits per heavy atom. The summed E-state index contributed by atoms with van der Waals surface area (Å²) in [5, 5.41) is 0. The largest absolute Gasteiger partial charge is 0.247 e. The Morgan fingerprint density at radius 3 is 2.67 bits per heavy atom. The van der Waals surface area contributed by atoms with Crippen molar-refractivity contribution in [2.75, 3.05) is 0 Å². The van der Waals surface area contributed by atoms with E-state index >= 15 is 0 Å². The van der Waals surface area contributed by atoms with Gasteiger partial charge in [-0.3, -0.25) is 0 Å². The zero-order valence-corrected chi connectivity index (χ0v) is 5.86. The van der Waals surface area contributed by atoms with Crippen molar-refractivity contribution in [3.05, 3.63) is 0 Å². The predicted molar refractivity (Wildman–Crippen MR) is 35.0 cm³/mol. The molecule has 0 spiro atoms. The van der Waals surface area contributed by atoms with Crippen LogP contribution in [0.4, 0.5) is 4.39 Å². The van der Waals surface area contributed by atoms with Crippen LogP contribution in [-0.4, -0.2) is 6.17 Å². The summed E-state index contributed by atoms with van der Waals surface area (Å²) in [7, 11) is 0. The molecule has 2 fully saturated rings. The van der Waals surface area contributed by atoms with Gasteiger partial charge in [-0.05, 0) is 18.8 Å². The molecule has 1 heteroatoms. The second-order valence-corrected chi connectivity index (χ2v) is 3.76. The van der Waals surface area contributed by atoms with Crippen molar-refractivity contribution in [2.24, 2.45) is 11.3 Å². The van der Waals surface area contributed by atoms with Gasteiger partial charge in [0.25, 0.3) is 0 Å². The lowest BCUT2D eigenvalue weighted by Crippen LogP contribution is -2.04. The second kappa shape index (κ2) is 1.50. The highest BCUT2D eigenvalue weighted by molar-refractivity contribution is 5.10. The van der Waals surface area contributed by atoms with Crippen LogP contribution in [0.1, 0.15) is 32.6 Å². The van der Waals surface area contributed by atoms with Gasteiger partial charge in [-0.25, -0.2) is 4.39 Å². The number of alkyl halides is 1. The van der Waals surface area contributed by atoms with E-state index in [1.165, 1.54) is 12.8 Å². The third-order valence-electron chi connectivity index (χ3n) is 3.20. The summed E-state index contributed by atoms with van der Waals surface area (Å²) < 4.78 is 12.9. The SMILES string of the molecule is C[C@]12CCCC[C@H]1[C@@H]2F. The Kier molecular flexibility index (Phi) is 0.950. The van der Waals surface area contributed by atoms with Crippen molar-refractivity contribution in [1.82, 2.24) is 0 Å². The van der Waals surface area contributed by atoms with Crippen LogP contribution < -0.4 is 0 Å². The van der Waals surface area contributed by atoms with Gasteiger partial charge in [0.15, 0.2) is 0 Å². The minimum Gasteiger partial charge on any atom is -0.247 e. The molecule has 0 aromatic heterocycles. The molecule has 0 heterocycles. The summed E-state index contributed by atoms with van der Waals surface area (Å²) in [6.45, 7) is 2.10. The van der Waals surface area contributed by atoms with Crippen molar-refractivity contribution in [2.45, 2.75) is 38.8 Å². The molecular weight excluding hydrogens is 115 g/mol. The summed E-state index contributed by atoms with van der Waals surface area (Å²) in [6, 6.07) is 0. The first-order chi connectivity index (χ1) is 4.25. The molecule has 0 saturated heterocycles. The highest BCUT2D eigenvalue weighted by Crippen LogP contribution is 2.62. The van der Waals surface area contributed by atoms with Crippen LogP contribution in [0.25, 0.3) is 0 Å². The van der Waals surface area contributed by atoms with Crippen molar-refractivity contribution in [3.8, 4) is 0 Å². The van der Waals surface area contributed by atoms with Crippen molar-refractivity contribution in [1.29, 1.82) is 0 Å². The topological polar surface area (TPSA) is 0 Å². The predicted octanol–water partition coefficient (Wildman–Crippen LogP) is 2.53. The fourth-order valence-corrected chi connectivity index (χ4v) is 2.27. The molecule has 2 aliphatic carbocycles. The molecule has 3 atom stereocenters. The van der Waals surface area contributed by atoms with Crippen LogP contribution in [0.15, 0.2) is 0 Å². The van der Waals surface area contributed by atoms with Gasteiger partial charge in [-0.1, -0.05) is 19.8 Å². The van der Waals surface area contributed by atoms with Crippen LogP contribution in [0.2, 0.25) is 0 Å². The quantitative estimate of drug-likeness (QED) is 0.470. The smallest absolute Gasteiger partial charge is 0.109 e. The van der Waals surface area contributed by atoms with E-state index in [-0.39, 0.29) is 5.41 Å². The minimum absolute atomic E-state index is 0.137. The Morgan fingerprint density at radius 1 is 1.44 bits per heavy atom. The van der Waals surface area contributed by atoms with E-state index < -0.39 is 6.17 Å². The molecular formula is C8H13F. The van der Waals surface area contributed by atoms with Gasteiger partial charge in [-0.2, -0.15) is 0 Å². The van der Waals surface area contributed by atoms with Gasteiger partial charge in [-0.15, -0.1) is 0 Å². The van der Waals surface area contributed by atoms with Crippen LogP contribution in [-0.2, 0) is 0 Å². The van der Waals surface area contributed by atoms with E-state index in [0.717, 1.165) is 12.8 Å². The van der Waals surface area contributed by atoms with Crippen LogP contribution >= 0.6 is 0 Å². The molecule has 0 aromatic carbocycles. The summed E-state index contributed by atoms with van der Waals surface area (Å²) in [6.07, 6.45) is 4.37. The van der Waals surface area contributed by atoms with Gasteiger partial charge < -0.3 is 0 Å². The second-order valence-electron chi connectivity index (χ2n) is 3.76. The van der Waals surface area contributed by atoms with E-state index in [4.69, 9.17) is 0 Å². The first-order valence-electron chi connectivity index (χ1n) is 3.89.